The molecule has 146 valence electrons. The van der Waals surface area contributed by atoms with E-state index in [4.69, 9.17) is 14.6 Å². The molecule has 0 amide bonds. The molecule has 0 aromatic rings. The second-order valence-electron chi connectivity index (χ2n) is 8.02. The first kappa shape index (κ1) is 20.8. The Kier molecular flexibility index (Phi) is 5.80. The summed E-state index contributed by atoms with van der Waals surface area (Å²) in [6.45, 7) is 10.5. The SMILES string of the molecule is CCC(=O)OC(C)(C)C1C2C=CC(S2)C1C(C)(C)OC(=O)C(C)C(=O)O. The van der Waals surface area contributed by atoms with Crippen molar-refractivity contribution >= 4 is 29.7 Å². The zero-order valence-electron chi connectivity index (χ0n) is 16.1. The predicted molar refractivity (Wildman–Crippen MR) is 98.7 cm³/mol. The Bertz CT molecular complexity index is 624. The summed E-state index contributed by atoms with van der Waals surface area (Å²) in [5, 5.41) is 9.35. The molecular weight excluding hydrogens is 356 g/mol. The topological polar surface area (TPSA) is 89.9 Å². The molecule has 0 saturated carbocycles. The summed E-state index contributed by atoms with van der Waals surface area (Å²) in [6.07, 6.45) is 4.52. The number of hydrogen-bond acceptors (Lipinski definition) is 6. The number of esters is 2. The molecule has 6 nitrogen and oxygen atoms in total. The molecule has 0 spiro atoms. The molecular formula is C19H28O6S. The summed E-state index contributed by atoms with van der Waals surface area (Å²) in [7, 11) is 0. The van der Waals surface area contributed by atoms with Crippen molar-refractivity contribution in [3.8, 4) is 0 Å². The highest BCUT2D eigenvalue weighted by Crippen LogP contribution is 2.57. The molecule has 1 fully saturated rings. The van der Waals surface area contributed by atoms with Crippen LogP contribution in [0.2, 0.25) is 0 Å². The minimum Gasteiger partial charge on any atom is -0.481 e. The van der Waals surface area contributed by atoms with Crippen LogP contribution in [0.3, 0.4) is 0 Å². The minimum absolute atomic E-state index is 0.0408. The predicted octanol–water partition coefficient (Wildman–Crippen LogP) is 3.05. The van der Waals surface area contributed by atoms with Crippen LogP contribution in [0, 0.1) is 17.8 Å². The maximum Gasteiger partial charge on any atom is 0.320 e. The first-order chi connectivity index (χ1) is 11.9. The molecule has 7 heteroatoms. The largest absolute Gasteiger partial charge is 0.481 e. The van der Waals surface area contributed by atoms with Crippen molar-refractivity contribution < 1.29 is 29.0 Å². The zero-order chi connectivity index (χ0) is 19.9. The third kappa shape index (κ3) is 3.92. The monoisotopic (exact) mass is 384 g/mol. The van der Waals surface area contributed by atoms with Crippen molar-refractivity contribution in [2.45, 2.75) is 69.7 Å². The molecule has 2 aliphatic rings. The molecule has 26 heavy (non-hydrogen) atoms. The van der Waals surface area contributed by atoms with E-state index in [0.29, 0.717) is 6.42 Å². The van der Waals surface area contributed by atoms with Gasteiger partial charge in [0.25, 0.3) is 0 Å². The molecule has 0 aromatic carbocycles. The molecule has 0 aliphatic carbocycles. The maximum atomic E-state index is 12.2. The summed E-state index contributed by atoms with van der Waals surface area (Å²) in [5.74, 6) is -3.57. The van der Waals surface area contributed by atoms with Crippen molar-refractivity contribution in [1.29, 1.82) is 0 Å². The average molecular weight is 384 g/mol. The Balaban J connectivity index is 2.27. The zero-order valence-corrected chi connectivity index (χ0v) is 17.0. The molecule has 5 unspecified atom stereocenters. The molecule has 2 aliphatic heterocycles. The van der Waals surface area contributed by atoms with E-state index < -0.39 is 29.1 Å². The van der Waals surface area contributed by atoms with E-state index in [2.05, 4.69) is 12.2 Å². The van der Waals surface area contributed by atoms with Crippen LogP contribution in [0.4, 0.5) is 0 Å². The second-order valence-corrected chi connectivity index (χ2v) is 9.38. The summed E-state index contributed by atoms with van der Waals surface area (Å²) >= 11 is 1.77. The number of carbonyl (C=O) groups is 3. The molecule has 0 radical (unpaired) electrons. The number of carbonyl (C=O) groups excluding carboxylic acids is 2. The summed E-state index contributed by atoms with van der Waals surface area (Å²) < 4.78 is 11.4. The molecule has 5 atom stereocenters. The lowest BCUT2D eigenvalue weighted by atomic mass is 9.67. The number of fused-ring (bicyclic) bond motifs is 2. The first-order valence-electron chi connectivity index (χ1n) is 8.92. The maximum absolute atomic E-state index is 12.2. The molecule has 1 N–H and O–H groups in total. The van der Waals surface area contributed by atoms with E-state index in [9.17, 15) is 14.4 Å². The van der Waals surface area contributed by atoms with Crippen molar-refractivity contribution in [3.05, 3.63) is 12.2 Å². The van der Waals surface area contributed by atoms with Crippen LogP contribution >= 0.6 is 11.8 Å². The van der Waals surface area contributed by atoms with Crippen molar-refractivity contribution in [3.63, 3.8) is 0 Å². The van der Waals surface area contributed by atoms with Gasteiger partial charge in [0, 0.05) is 28.8 Å². The molecule has 1 saturated heterocycles. The normalized spacial score (nSPS) is 28.7. The number of hydrogen-bond donors (Lipinski definition) is 1. The summed E-state index contributed by atoms with van der Waals surface area (Å²) in [4.78, 5) is 35.2. The Morgan fingerprint density at radius 1 is 1.04 bits per heavy atom. The highest BCUT2D eigenvalue weighted by Gasteiger charge is 2.59. The van der Waals surface area contributed by atoms with Crippen LogP contribution in [-0.2, 0) is 23.9 Å². The number of ether oxygens (including phenoxy) is 2. The van der Waals surface area contributed by atoms with E-state index in [1.165, 1.54) is 6.92 Å². The average Bonchev–Trinajstić information content (AvgIpc) is 3.14. The third-order valence-corrected chi connectivity index (χ3v) is 6.79. The van der Waals surface area contributed by atoms with Crippen molar-refractivity contribution in [2.75, 3.05) is 0 Å². The smallest absolute Gasteiger partial charge is 0.320 e. The number of carboxylic acid groups (broad SMARTS) is 1. The standard InChI is InChI=1S/C19H28O6S/c1-7-13(20)24-18(3,4)14-11-8-9-12(26-11)15(14)19(5,6)25-17(23)10(2)16(21)22/h8-12,14-15H,7H2,1-6H3,(H,21,22). The lowest BCUT2D eigenvalue weighted by Crippen LogP contribution is -2.53. The number of carboxylic acids is 1. The van der Waals surface area contributed by atoms with Gasteiger partial charge in [-0.3, -0.25) is 14.4 Å². The van der Waals surface area contributed by atoms with Crippen LogP contribution in [0.1, 0.15) is 48.0 Å². The van der Waals surface area contributed by atoms with Gasteiger partial charge in [0.15, 0.2) is 5.92 Å². The Morgan fingerprint density at radius 2 is 1.50 bits per heavy atom. The molecule has 0 aromatic heterocycles. The summed E-state index contributed by atoms with van der Waals surface area (Å²) in [5.41, 5.74) is -1.62. The minimum atomic E-state index is -1.22. The van der Waals surface area contributed by atoms with Crippen LogP contribution in [-0.4, -0.2) is 44.7 Å². The highest BCUT2D eigenvalue weighted by molar-refractivity contribution is 8.01. The molecule has 2 heterocycles. The van der Waals surface area contributed by atoms with Gasteiger partial charge in [-0.05, 0) is 34.6 Å². The Hall–Kier alpha value is -1.50. The van der Waals surface area contributed by atoms with Crippen molar-refractivity contribution in [1.82, 2.24) is 0 Å². The van der Waals surface area contributed by atoms with Gasteiger partial charge < -0.3 is 14.6 Å². The van der Waals surface area contributed by atoms with Gasteiger partial charge in [0.05, 0.1) is 0 Å². The van der Waals surface area contributed by atoms with Gasteiger partial charge >= 0.3 is 17.9 Å². The van der Waals surface area contributed by atoms with E-state index >= 15 is 0 Å². The van der Waals surface area contributed by atoms with Gasteiger partial charge in [-0.2, -0.15) is 0 Å². The van der Waals surface area contributed by atoms with Gasteiger partial charge in [-0.1, -0.05) is 19.1 Å². The number of rotatable bonds is 7. The van der Waals surface area contributed by atoms with Gasteiger partial charge in [-0.25, -0.2) is 0 Å². The number of thioether (sulfide) groups is 1. The second kappa shape index (κ2) is 7.25. The first-order valence-corrected chi connectivity index (χ1v) is 9.86. The Morgan fingerprint density at radius 3 is 1.92 bits per heavy atom. The van der Waals surface area contributed by atoms with E-state index in [0.717, 1.165) is 0 Å². The lowest BCUT2D eigenvalue weighted by molar-refractivity contribution is -0.182. The third-order valence-electron chi connectivity index (χ3n) is 5.26. The van der Waals surface area contributed by atoms with E-state index in [-0.39, 0.29) is 28.3 Å². The van der Waals surface area contributed by atoms with Crippen LogP contribution in [0.5, 0.6) is 0 Å². The van der Waals surface area contributed by atoms with Gasteiger partial charge in [0.1, 0.15) is 11.2 Å². The molecule has 2 rings (SSSR count). The summed E-state index contributed by atoms with van der Waals surface area (Å²) in [6, 6.07) is 0. The highest BCUT2D eigenvalue weighted by atomic mass is 32.2. The van der Waals surface area contributed by atoms with Crippen LogP contribution in [0.25, 0.3) is 0 Å². The fourth-order valence-corrected chi connectivity index (χ4v) is 5.97. The lowest BCUT2D eigenvalue weighted by Gasteiger charge is -2.45. The van der Waals surface area contributed by atoms with E-state index in [1.54, 1.807) is 18.7 Å². The fraction of sp³-hybridized carbons (Fsp3) is 0.737. The van der Waals surface area contributed by atoms with Gasteiger partial charge in [-0.15, -0.1) is 11.8 Å². The number of aliphatic carboxylic acids is 1. The van der Waals surface area contributed by atoms with Crippen molar-refractivity contribution in [2.24, 2.45) is 17.8 Å². The Labute approximate surface area is 158 Å². The van der Waals surface area contributed by atoms with Crippen LogP contribution < -0.4 is 0 Å². The molecule has 2 bridgehead atoms. The fourth-order valence-electron chi connectivity index (χ4n) is 3.91. The van der Waals surface area contributed by atoms with Crippen LogP contribution in [0.15, 0.2) is 12.2 Å². The van der Waals surface area contributed by atoms with Gasteiger partial charge in [0.2, 0.25) is 0 Å². The van der Waals surface area contributed by atoms with E-state index in [1.807, 2.05) is 27.7 Å². The quantitative estimate of drug-likeness (QED) is 0.410.